The third-order valence-corrected chi connectivity index (χ3v) is 6.38. The highest BCUT2D eigenvalue weighted by molar-refractivity contribution is 5.85. The van der Waals surface area contributed by atoms with E-state index >= 15 is 0 Å². The van der Waals surface area contributed by atoms with Gasteiger partial charge in [0.1, 0.15) is 5.52 Å². The number of nitrogens with zero attached hydrogens (tertiary/aromatic N) is 4. The first kappa shape index (κ1) is 16.9. The summed E-state index contributed by atoms with van der Waals surface area (Å²) in [7, 11) is 2.16. The molecule has 0 bridgehead atoms. The van der Waals surface area contributed by atoms with Gasteiger partial charge < -0.3 is 24.1 Å². The molecule has 2 aliphatic heterocycles. The van der Waals surface area contributed by atoms with Crippen molar-refractivity contribution in [3.05, 3.63) is 53.7 Å². The third-order valence-electron chi connectivity index (χ3n) is 6.38. The molecule has 6 heteroatoms. The summed E-state index contributed by atoms with van der Waals surface area (Å²) < 4.78 is 6.05. The number of hydrogen-bond acceptors (Lipinski definition) is 5. The lowest BCUT2D eigenvalue weighted by Crippen LogP contribution is -2.44. The van der Waals surface area contributed by atoms with E-state index in [-0.39, 0.29) is 0 Å². The molecule has 4 aromatic rings. The van der Waals surface area contributed by atoms with Gasteiger partial charge in [0.25, 0.3) is 6.01 Å². The highest BCUT2D eigenvalue weighted by Crippen LogP contribution is 2.32. The SMILES string of the molecule is CN1CCN(c2nc3cc(N4CCc5c([nH]c6ccccc56)C4)ccc3o2)CC1. The van der Waals surface area contributed by atoms with Crippen molar-refractivity contribution < 1.29 is 4.42 Å². The van der Waals surface area contributed by atoms with Gasteiger partial charge in [-0.1, -0.05) is 18.2 Å². The number of likely N-dealkylation sites (N-methyl/N-ethyl adjacent to an activating group) is 1. The summed E-state index contributed by atoms with van der Waals surface area (Å²) >= 11 is 0. The molecule has 0 unspecified atom stereocenters. The summed E-state index contributed by atoms with van der Waals surface area (Å²) in [5.41, 5.74) is 7.06. The molecule has 2 aromatic heterocycles. The molecule has 4 heterocycles. The molecule has 0 radical (unpaired) electrons. The fourth-order valence-electron chi connectivity index (χ4n) is 4.65. The minimum atomic E-state index is 0.752. The number of aromatic amines is 1. The number of rotatable bonds is 2. The van der Waals surface area contributed by atoms with Crippen LogP contribution in [0.3, 0.4) is 0 Å². The fourth-order valence-corrected chi connectivity index (χ4v) is 4.65. The van der Waals surface area contributed by atoms with E-state index in [1.54, 1.807) is 0 Å². The molecule has 0 aliphatic carbocycles. The predicted octanol–water partition coefficient (Wildman–Crippen LogP) is 3.62. The molecule has 6 nitrogen and oxygen atoms in total. The van der Waals surface area contributed by atoms with Gasteiger partial charge in [-0.05, 0) is 43.3 Å². The largest absolute Gasteiger partial charge is 0.423 e. The van der Waals surface area contributed by atoms with Crippen molar-refractivity contribution in [2.75, 3.05) is 49.6 Å². The molecule has 29 heavy (non-hydrogen) atoms. The second-order valence-corrected chi connectivity index (χ2v) is 8.24. The van der Waals surface area contributed by atoms with Crippen molar-refractivity contribution in [1.82, 2.24) is 14.9 Å². The number of fused-ring (bicyclic) bond motifs is 4. The van der Waals surface area contributed by atoms with Gasteiger partial charge in [0.15, 0.2) is 5.58 Å². The van der Waals surface area contributed by atoms with E-state index in [1.807, 2.05) is 0 Å². The van der Waals surface area contributed by atoms with E-state index < -0.39 is 0 Å². The van der Waals surface area contributed by atoms with Crippen molar-refractivity contribution in [2.24, 2.45) is 0 Å². The second kappa shape index (κ2) is 6.52. The number of aromatic nitrogens is 2. The van der Waals surface area contributed by atoms with Crippen LogP contribution in [0.2, 0.25) is 0 Å². The first-order valence-electron chi connectivity index (χ1n) is 10.4. The number of H-pyrrole nitrogens is 1. The zero-order chi connectivity index (χ0) is 19.4. The van der Waals surface area contributed by atoms with Crippen LogP contribution in [-0.2, 0) is 13.0 Å². The molecule has 0 spiro atoms. The van der Waals surface area contributed by atoms with Crippen LogP contribution in [0.1, 0.15) is 11.3 Å². The summed E-state index contributed by atoms with van der Waals surface area (Å²) in [6.45, 7) is 5.94. The molecule has 0 amide bonds. The highest BCUT2D eigenvalue weighted by atomic mass is 16.4. The van der Waals surface area contributed by atoms with Gasteiger partial charge in [0.05, 0.1) is 6.54 Å². The molecule has 1 fully saturated rings. The van der Waals surface area contributed by atoms with Crippen molar-refractivity contribution in [2.45, 2.75) is 13.0 Å². The number of oxazole rings is 1. The smallest absolute Gasteiger partial charge is 0.298 e. The molecule has 148 valence electrons. The molecule has 1 N–H and O–H groups in total. The van der Waals surface area contributed by atoms with Crippen LogP contribution in [0.4, 0.5) is 11.7 Å². The van der Waals surface area contributed by atoms with E-state index in [0.717, 1.165) is 62.8 Å². The summed E-state index contributed by atoms with van der Waals surface area (Å²) in [4.78, 5) is 15.4. The Bertz CT molecular complexity index is 1180. The Hall–Kier alpha value is -2.99. The van der Waals surface area contributed by atoms with Crippen LogP contribution in [-0.4, -0.2) is 54.6 Å². The normalized spacial score (nSPS) is 18.0. The molecule has 2 aromatic carbocycles. The Labute approximate surface area is 169 Å². The maximum Gasteiger partial charge on any atom is 0.298 e. The van der Waals surface area contributed by atoms with Crippen LogP contribution >= 0.6 is 0 Å². The van der Waals surface area contributed by atoms with Gasteiger partial charge >= 0.3 is 0 Å². The van der Waals surface area contributed by atoms with Gasteiger partial charge in [-0.25, -0.2) is 0 Å². The molecule has 6 rings (SSSR count). The quantitative estimate of drug-likeness (QED) is 0.569. The fraction of sp³-hybridized carbons (Fsp3) is 0.348. The van der Waals surface area contributed by atoms with E-state index in [2.05, 4.69) is 69.2 Å². The Kier molecular flexibility index (Phi) is 3.81. The molecule has 0 saturated carbocycles. The topological polar surface area (TPSA) is 51.5 Å². The number of nitrogens with one attached hydrogen (secondary N) is 1. The van der Waals surface area contributed by atoms with Crippen LogP contribution < -0.4 is 9.80 Å². The summed E-state index contributed by atoms with van der Waals surface area (Å²) in [5, 5.41) is 1.37. The van der Waals surface area contributed by atoms with E-state index in [4.69, 9.17) is 9.40 Å². The average molecular weight is 387 g/mol. The predicted molar refractivity (Wildman–Crippen MR) is 117 cm³/mol. The van der Waals surface area contributed by atoms with Gasteiger partial charge in [0.2, 0.25) is 0 Å². The van der Waals surface area contributed by atoms with E-state index in [1.165, 1.54) is 27.8 Å². The van der Waals surface area contributed by atoms with Crippen LogP contribution in [0, 0.1) is 0 Å². The lowest BCUT2D eigenvalue weighted by molar-refractivity contribution is 0.305. The first-order valence-corrected chi connectivity index (χ1v) is 10.4. The highest BCUT2D eigenvalue weighted by Gasteiger charge is 2.22. The van der Waals surface area contributed by atoms with Crippen molar-refractivity contribution in [1.29, 1.82) is 0 Å². The number of para-hydroxylation sites is 1. The van der Waals surface area contributed by atoms with E-state index in [9.17, 15) is 0 Å². The number of piperazine rings is 1. The van der Waals surface area contributed by atoms with Crippen molar-refractivity contribution in [3.63, 3.8) is 0 Å². The molecular formula is C23H25N5O. The third kappa shape index (κ3) is 2.86. The summed E-state index contributed by atoms with van der Waals surface area (Å²) in [6.07, 6.45) is 1.06. The van der Waals surface area contributed by atoms with E-state index in [0.29, 0.717) is 0 Å². The summed E-state index contributed by atoms with van der Waals surface area (Å²) in [5.74, 6) is 0. The molecule has 2 aliphatic rings. The molecular weight excluding hydrogens is 362 g/mol. The Morgan fingerprint density at radius 3 is 2.72 bits per heavy atom. The van der Waals surface area contributed by atoms with Gasteiger partial charge in [-0.2, -0.15) is 4.98 Å². The lowest BCUT2D eigenvalue weighted by Gasteiger charge is -2.31. The lowest BCUT2D eigenvalue weighted by atomic mass is 10.0. The van der Waals surface area contributed by atoms with Crippen molar-refractivity contribution >= 4 is 33.7 Å². The summed E-state index contributed by atoms with van der Waals surface area (Å²) in [6, 6.07) is 15.8. The minimum absolute atomic E-state index is 0.752. The number of hydrogen-bond donors (Lipinski definition) is 1. The van der Waals surface area contributed by atoms with Gasteiger partial charge in [-0.15, -0.1) is 0 Å². The minimum Gasteiger partial charge on any atom is -0.423 e. The number of benzene rings is 2. The monoisotopic (exact) mass is 387 g/mol. The Morgan fingerprint density at radius 1 is 0.966 bits per heavy atom. The van der Waals surface area contributed by atoms with Gasteiger partial charge in [0, 0.05) is 55.0 Å². The van der Waals surface area contributed by atoms with Crippen LogP contribution in [0.5, 0.6) is 0 Å². The second-order valence-electron chi connectivity index (χ2n) is 8.24. The first-order chi connectivity index (χ1) is 14.2. The molecule has 1 saturated heterocycles. The zero-order valence-corrected chi connectivity index (χ0v) is 16.7. The maximum absolute atomic E-state index is 6.05. The zero-order valence-electron chi connectivity index (χ0n) is 16.7. The van der Waals surface area contributed by atoms with Crippen LogP contribution in [0.15, 0.2) is 46.9 Å². The Balaban J connectivity index is 1.28. The average Bonchev–Trinajstić information content (AvgIpc) is 3.34. The number of anilines is 2. The Morgan fingerprint density at radius 2 is 1.83 bits per heavy atom. The van der Waals surface area contributed by atoms with Crippen LogP contribution in [0.25, 0.3) is 22.0 Å². The van der Waals surface area contributed by atoms with Crippen molar-refractivity contribution in [3.8, 4) is 0 Å². The molecule has 0 atom stereocenters. The standard InChI is InChI=1S/C23H25N5O/c1-26-10-12-27(13-11-26)23-25-20-14-16(6-7-22(20)29-23)28-9-8-18-17-4-2-3-5-19(17)24-21(18)15-28/h2-7,14,24H,8-13,15H2,1H3. The van der Waals surface area contributed by atoms with Gasteiger partial charge in [-0.3, -0.25) is 0 Å². The maximum atomic E-state index is 6.05.